The lowest BCUT2D eigenvalue weighted by Crippen LogP contribution is -2.25. The van der Waals surface area contributed by atoms with Crippen molar-refractivity contribution in [1.82, 2.24) is 0 Å². The van der Waals surface area contributed by atoms with Crippen molar-refractivity contribution in [2.45, 2.75) is 6.42 Å². The topological polar surface area (TPSA) is 112 Å². The molecule has 1 aromatic carbocycles. The molecule has 1 aromatic rings. The molecule has 1 heterocycles. The Labute approximate surface area is 138 Å². The summed E-state index contributed by atoms with van der Waals surface area (Å²) in [4.78, 5) is 26.6. The average Bonchev–Trinajstić information content (AvgIpc) is 2.80. The van der Waals surface area contributed by atoms with Gasteiger partial charge in [0.1, 0.15) is 5.69 Å². The van der Waals surface area contributed by atoms with Crippen LogP contribution >= 0.6 is 34.2 Å². The Bertz CT molecular complexity index is 662. The Kier molecular flexibility index (Phi) is 4.86. The molecule has 0 spiro atoms. The summed E-state index contributed by atoms with van der Waals surface area (Å²) in [6.45, 7) is 0.459. The third-order valence-corrected chi connectivity index (χ3v) is 4.64. The fourth-order valence-corrected chi connectivity index (χ4v) is 2.79. The molecule has 1 aliphatic rings. The van der Waals surface area contributed by atoms with E-state index in [0.717, 1.165) is 0 Å². The molecule has 10 heteroatoms. The van der Waals surface area contributed by atoms with Crippen molar-refractivity contribution in [2.24, 2.45) is 11.0 Å². The zero-order valence-electron chi connectivity index (χ0n) is 10.6. The van der Waals surface area contributed by atoms with Crippen LogP contribution < -0.4 is 4.90 Å². The van der Waals surface area contributed by atoms with Crippen molar-refractivity contribution < 1.29 is 9.72 Å². The van der Waals surface area contributed by atoms with E-state index in [4.69, 9.17) is 17.1 Å². The van der Waals surface area contributed by atoms with Gasteiger partial charge in [-0.2, -0.15) is 0 Å². The van der Waals surface area contributed by atoms with Crippen LogP contribution in [0, 0.1) is 19.6 Å². The van der Waals surface area contributed by atoms with Crippen LogP contribution in [0.4, 0.5) is 11.4 Å². The number of halogens is 2. The zero-order valence-corrected chi connectivity index (χ0v) is 13.5. The van der Waals surface area contributed by atoms with Crippen molar-refractivity contribution in [3.8, 4) is 0 Å². The Morgan fingerprint density at radius 2 is 2.33 bits per heavy atom. The first-order chi connectivity index (χ1) is 9.93. The molecule has 8 nitrogen and oxygen atoms in total. The minimum Gasteiger partial charge on any atom is -0.306 e. The fraction of sp³-hybridized carbons (Fsp3) is 0.364. The van der Waals surface area contributed by atoms with Crippen LogP contribution in [0.15, 0.2) is 17.2 Å². The molecule has 2 rings (SSSR count). The molecular weight excluding hydrogens is 413 g/mol. The number of nitro benzene ring substituents is 1. The Morgan fingerprint density at radius 3 is 2.95 bits per heavy atom. The summed E-state index contributed by atoms with van der Waals surface area (Å²) in [6.07, 6.45) is 0.194. The smallest absolute Gasteiger partial charge is 0.294 e. The van der Waals surface area contributed by atoms with Gasteiger partial charge in [0.15, 0.2) is 0 Å². The molecule has 0 aliphatic carbocycles. The highest BCUT2D eigenvalue weighted by molar-refractivity contribution is 14.1. The van der Waals surface area contributed by atoms with Gasteiger partial charge in [0.05, 0.1) is 9.95 Å². The number of benzene rings is 1. The molecule has 110 valence electrons. The number of anilines is 1. The van der Waals surface area contributed by atoms with E-state index in [2.05, 4.69) is 10.0 Å². The summed E-state index contributed by atoms with van der Waals surface area (Å²) >= 11 is 7.90. The SMILES string of the molecule is [N-]=[N+]=NCC1CC(=O)N(c2cc(Cl)c(I)cc2[N+](=O)[O-])C1. The second kappa shape index (κ2) is 6.46. The summed E-state index contributed by atoms with van der Waals surface area (Å²) < 4.78 is 0.544. The molecule has 21 heavy (non-hydrogen) atoms. The fourth-order valence-electron chi connectivity index (χ4n) is 2.18. The number of nitro groups is 1. The van der Waals surface area contributed by atoms with Crippen molar-refractivity contribution in [2.75, 3.05) is 18.0 Å². The molecule has 0 saturated carbocycles. The number of hydrogen-bond acceptors (Lipinski definition) is 4. The van der Waals surface area contributed by atoms with Crippen LogP contribution in [0.2, 0.25) is 5.02 Å². The standard InChI is InChI=1S/C11H9ClIN5O3/c12-7-2-9(10(18(20)21)3-8(7)13)17-5-6(1-11(17)19)4-15-16-14/h2-3,6H,1,4-5H2. The number of azide groups is 1. The molecule has 1 saturated heterocycles. The van der Waals surface area contributed by atoms with Crippen LogP contribution in [0.3, 0.4) is 0 Å². The van der Waals surface area contributed by atoms with Crippen LogP contribution in [-0.4, -0.2) is 23.9 Å². The highest BCUT2D eigenvalue weighted by atomic mass is 127. The van der Waals surface area contributed by atoms with Crippen LogP contribution in [-0.2, 0) is 4.79 Å². The second-order valence-electron chi connectivity index (χ2n) is 4.50. The number of nitrogens with zero attached hydrogens (tertiary/aromatic N) is 5. The molecule has 0 radical (unpaired) electrons. The van der Waals surface area contributed by atoms with Gasteiger partial charge in [-0.15, -0.1) is 0 Å². The Morgan fingerprint density at radius 1 is 1.62 bits per heavy atom. The second-order valence-corrected chi connectivity index (χ2v) is 6.07. The summed E-state index contributed by atoms with van der Waals surface area (Å²) in [5, 5.41) is 15.0. The highest BCUT2D eigenvalue weighted by Gasteiger charge is 2.34. The molecule has 0 bridgehead atoms. The maximum absolute atomic E-state index is 12.0. The number of carbonyl (C=O) groups excluding carboxylic acids is 1. The Hall–Kier alpha value is -1.58. The van der Waals surface area contributed by atoms with Crippen LogP contribution in [0.1, 0.15) is 6.42 Å². The first kappa shape index (κ1) is 15.8. The quantitative estimate of drug-likeness (QED) is 0.185. The molecule has 0 N–H and O–H groups in total. The predicted molar refractivity (Wildman–Crippen MR) is 85.3 cm³/mol. The van der Waals surface area contributed by atoms with Gasteiger partial charge in [-0.1, -0.05) is 16.7 Å². The summed E-state index contributed by atoms with van der Waals surface area (Å²) in [5.41, 5.74) is 8.33. The van der Waals surface area contributed by atoms with E-state index in [-0.39, 0.29) is 42.7 Å². The minimum atomic E-state index is -0.540. The summed E-state index contributed by atoms with van der Waals surface area (Å²) in [6, 6.07) is 2.77. The first-order valence-electron chi connectivity index (χ1n) is 5.88. The predicted octanol–water partition coefficient (Wildman–Crippen LogP) is 3.52. The molecule has 0 aromatic heterocycles. The van der Waals surface area contributed by atoms with Crippen molar-refractivity contribution in [3.63, 3.8) is 0 Å². The zero-order chi connectivity index (χ0) is 15.6. The van der Waals surface area contributed by atoms with E-state index >= 15 is 0 Å². The average molecular weight is 422 g/mol. The lowest BCUT2D eigenvalue weighted by atomic mass is 10.1. The van der Waals surface area contributed by atoms with E-state index in [1.54, 1.807) is 0 Å². The number of carbonyl (C=O) groups is 1. The van der Waals surface area contributed by atoms with Crippen LogP contribution in [0.5, 0.6) is 0 Å². The van der Waals surface area contributed by atoms with Crippen molar-refractivity contribution >= 4 is 51.5 Å². The molecule has 1 fully saturated rings. The highest BCUT2D eigenvalue weighted by Crippen LogP contribution is 2.37. The largest absolute Gasteiger partial charge is 0.306 e. The lowest BCUT2D eigenvalue weighted by molar-refractivity contribution is -0.384. The molecule has 1 aliphatic heterocycles. The maximum Gasteiger partial charge on any atom is 0.294 e. The maximum atomic E-state index is 12.0. The number of rotatable bonds is 4. The first-order valence-corrected chi connectivity index (χ1v) is 7.34. The molecule has 1 atom stereocenters. The molecule has 1 amide bonds. The van der Waals surface area contributed by atoms with E-state index < -0.39 is 4.92 Å². The minimum absolute atomic E-state index is 0.147. The third-order valence-electron chi connectivity index (χ3n) is 3.11. The van der Waals surface area contributed by atoms with E-state index in [1.165, 1.54) is 17.0 Å². The van der Waals surface area contributed by atoms with Gasteiger partial charge in [0, 0.05) is 34.1 Å². The summed E-state index contributed by atoms with van der Waals surface area (Å²) in [7, 11) is 0. The van der Waals surface area contributed by atoms with E-state index in [1.807, 2.05) is 22.6 Å². The van der Waals surface area contributed by atoms with Crippen molar-refractivity contribution in [3.05, 3.63) is 41.3 Å². The molecule has 1 unspecified atom stereocenters. The number of hydrogen-bond donors (Lipinski definition) is 0. The van der Waals surface area contributed by atoms with Crippen molar-refractivity contribution in [1.29, 1.82) is 0 Å². The van der Waals surface area contributed by atoms with Gasteiger partial charge in [-0.05, 0) is 40.1 Å². The van der Waals surface area contributed by atoms with Gasteiger partial charge < -0.3 is 4.90 Å². The van der Waals surface area contributed by atoms with E-state index in [0.29, 0.717) is 8.59 Å². The van der Waals surface area contributed by atoms with Gasteiger partial charge >= 0.3 is 0 Å². The van der Waals surface area contributed by atoms with Gasteiger partial charge in [0.25, 0.3) is 5.69 Å². The van der Waals surface area contributed by atoms with Crippen LogP contribution in [0.25, 0.3) is 10.4 Å². The normalized spacial score (nSPS) is 17.7. The van der Waals surface area contributed by atoms with Gasteiger partial charge in [-0.3, -0.25) is 14.9 Å². The van der Waals surface area contributed by atoms with E-state index in [9.17, 15) is 14.9 Å². The third kappa shape index (κ3) is 3.36. The Balaban J connectivity index is 2.37. The van der Waals surface area contributed by atoms with Gasteiger partial charge in [0.2, 0.25) is 5.91 Å². The summed E-state index contributed by atoms with van der Waals surface area (Å²) in [5.74, 6) is -0.389. The molecular formula is C11H9ClIN5O3. The van der Waals surface area contributed by atoms with Gasteiger partial charge in [-0.25, -0.2) is 0 Å². The number of amides is 1. The monoisotopic (exact) mass is 421 g/mol. The lowest BCUT2D eigenvalue weighted by Gasteiger charge is -2.17.